The number of nitrogens with zero attached hydrogens (tertiary/aromatic N) is 2. The Hall–Kier alpha value is -1.14. The van der Waals surface area contributed by atoms with Gasteiger partial charge in [-0.2, -0.15) is 0 Å². The fourth-order valence-corrected chi connectivity index (χ4v) is 2.16. The molecule has 0 radical (unpaired) electrons. The van der Waals surface area contributed by atoms with Gasteiger partial charge in [-0.05, 0) is 13.3 Å². The first-order chi connectivity index (χ1) is 7.68. The Morgan fingerprint density at radius 2 is 2.25 bits per heavy atom. The molecule has 0 aliphatic carbocycles. The number of nitrogens with one attached hydrogen (secondary N) is 1. The maximum absolute atomic E-state index is 11.6. The minimum Gasteiger partial charge on any atom is -0.333 e. The molecule has 2 fully saturated rings. The predicted molar refractivity (Wildman–Crippen MR) is 57.6 cm³/mol. The maximum Gasteiger partial charge on any atom is 0.324 e. The Balaban J connectivity index is 1.73. The van der Waals surface area contributed by atoms with Gasteiger partial charge in [0.15, 0.2) is 0 Å². The zero-order valence-electron chi connectivity index (χ0n) is 9.61. The molecule has 0 aromatic heterocycles. The van der Waals surface area contributed by atoms with E-state index in [-0.39, 0.29) is 18.0 Å². The van der Waals surface area contributed by atoms with E-state index in [4.69, 9.17) is 0 Å². The van der Waals surface area contributed by atoms with Gasteiger partial charge in [-0.1, -0.05) is 0 Å². The summed E-state index contributed by atoms with van der Waals surface area (Å²) in [6.07, 6.45) is 0.861. The van der Waals surface area contributed by atoms with Crippen LogP contribution < -0.4 is 10.6 Å². The summed E-state index contributed by atoms with van der Waals surface area (Å²) in [4.78, 5) is 26.6. The van der Waals surface area contributed by atoms with E-state index in [1.807, 2.05) is 0 Å². The lowest BCUT2D eigenvalue weighted by molar-refractivity contribution is -0.642. The predicted octanol–water partition coefficient (Wildman–Crippen LogP) is -1.85. The van der Waals surface area contributed by atoms with Crippen LogP contribution in [0.5, 0.6) is 0 Å². The van der Waals surface area contributed by atoms with E-state index in [1.54, 1.807) is 6.92 Å². The summed E-state index contributed by atoms with van der Waals surface area (Å²) in [5, 5.41) is 4.87. The van der Waals surface area contributed by atoms with Crippen LogP contribution in [0.4, 0.5) is 4.79 Å². The van der Waals surface area contributed by atoms with Gasteiger partial charge in [-0.25, -0.2) is 4.79 Å². The van der Waals surface area contributed by atoms with Crippen LogP contribution in [0.15, 0.2) is 0 Å². The van der Waals surface area contributed by atoms with E-state index < -0.39 is 0 Å². The number of rotatable bonds is 4. The van der Waals surface area contributed by atoms with Crippen molar-refractivity contribution in [2.24, 2.45) is 0 Å². The van der Waals surface area contributed by atoms with E-state index in [2.05, 4.69) is 15.5 Å². The van der Waals surface area contributed by atoms with Crippen LogP contribution in [0.25, 0.3) is 0 Å². The van der Waals surface area contributed by atoms with E-state index >= 15 is 0 Å². The summed E-state index contributed by atoms with van der Waals surface area (Å²) in [6.45, 7) is 6.51. The molecule has 2 saturated heterocycles. The van der Waals surface area contributed by atoms with Gasteiger partial charge in [0.1, 0.15) is 12.7 Å². The van der Waals surface area contributed by atoms with Gasteiger partial charge >= 0.3 is 6.03 Å². The van der Waals surface area contributed by atoms with Crippen molar-refractivity contribution in [3.8, 4) is 0 Å². The third-order valence-electron chi connectivity index (χ3n) is 3.11. The third-order valence-corrected chi connectivity index (χ3v) is 3.11. The molecule has 6 nitrogen and oxygen atoms in total. The number of carbonyl (C=O) groups is 2. The average Bonchev–Trinajstić information content (AvgIpc) is 2.82. The second-order valence-corrected chi connectivity index (χ2v) is 4.39. The lowest BCUT2D eigenvalue weighted by Gasteiger charge is -2.15. The summed E-state index contributed by atoms with van der Waals surface area (Å²) in [5.74, 6) is -0.0991. The molecular formula is C10H19N4O2+. The first-order valence-corrected chi connectivity index (χ1v) is 5.84. The van der Waals surface area contributed by atoms with Gasteiger partial charge in [0.25, 0.3) is 5.91 Å². The maximum atomic E-state index is 11.6. The second kappa shape index (κ2) is 4.80. The minimum atomic E-state index is -0.354. The van der Waals surface area contributed by atoms with Crippen molar-refractivity contribution in [3.05, 3.63) is 0 Å². The van der Waals surface area contributed by atoms with E-state index in [1.165, 1.54) is 4.90 Å². The van der Waals surface area contributed by atoms with Crippen LogP contribution in [0.3, 0.4) is 0 Å². The Kier molecular flexibility index (Phi) is 3.40. The largest absolute Gasteiger partial charge is 0.333 e. The number of hydrogen-bond acceptors (Lipinski definition) is 3. The molecule has 1 unspecified atom stereocenters. The molecule has 2 aliphatic rings. The normalized spacial score (nSPS) is 26.6. The van der Waals surface area contributed by atoms with Gasteiger partial charge in [-0.3, -0.25) is 14.6 Å². The molecule has 0 saturated carbocycles. The molecule has 0 bridgehead atoms. The third kappa shape index (κ3) is 2.33. The molecule has 2 rings (SSSR count). The highest BCUT2D eigenvalue weighted by atomic mass is 16.2. The lowest BCUT2D eigenvalue weighted by Crippen LogP contribution is -2.82. The summed E-state index contributed by atoms with van der Waals surface area (Å²) >= 11 is 0. The van der Waals surface area contributed by atoms with Gasteiger partial charge in [0.05, 0.1) is 13.1 Å². The van der Waals surface area contributed by atoms with Crippen molar-refractivity contribution in [1.82, 2.24) is 15.1 Å². The molecule has 0 aromatic carbocycles. The van der Waals surface area contributed by atoms with Crippen molar-refractivity contribution in [1.29, 1.82) is 0 Å². The van der Waals surface area contributed by atoms with Crippen LogP contribution in [0, 0.1) is 0 Å². The van der Waals surface area contributed by atoms with E-state index in [0.717, 1.165) is 32.7 Å². The van der Waals surface area contributed by atoms with E-state index in [9.17, 15) is 9.59 Å². The molecule has 0 spiro atoms. The standard InChI is InChI=1S/C10H18N4O2/c1-8-9(15)14(10(16)12-8)5-2-4-13-6-3-11-7-13/h8,11H,2-7H2,1H3,(H,12,16)/p+1. The summed E-state index contributed by atoms with van der Waals surface area (Å²) in [7, 11) is 0. The quantitative estimate of drug-likeness (QED) is 0.554. The van der Waals surface area contributed by atoms with E-state index in [0.29, 0.717) is 6.54 Å². The number of imide groups is 1. The molecule has 2 aliphatic heterocycles. The highest BCUT2D eigenvalue weighted by Gasteiger charge is 2.34. The molecule has 1 atom stereocenters. The van der Waals surface area contributed by atoms with Gasteiger partial charge in [0.2, 0.25) is 0 Å². The Bertz CT molecular complexity index is 289. The lowest BCUT2D eigenvalue weighted by atomic mass is 10.3. The molecule has 2 heterocycles. The molecule has 6 heteroatoms. The highest BCUT2D eigenvalue weighted by Crippen LogP contribution is 2.06. The number of urea groups is 1. The Morgan fingerprint density at radius 3 is 2.81 bits per heavy atom. The van der Waals surface area contributed by atoms with Crippen molar-refractivity contribution in [2.45, 2.75) is 19.4 Å². The zero-order valence-corrected chi connectivity index (χ0v) is 9.61. The second-order valence-electron chi connectivity index (χ2n) is 4.39. The average molecular weight is 227 g/mol. The highest BCUT2D eigenvalue weighted by molar-refractivity contribution is 6.03. The van der Waals surface area contributed by atoms with Crippen molar-refractivity contribution in [2.75, 3.05) is 32.8 Å². The molecule has 3 N–H and O–H groups in total. The van der Waals surface area contributed by atoms with Crippen molar-refractivity contribution < 1.29 is 14.9 Å². The van der Waals surface area contributed by atoms with Crippen LogP contribution in [-0.4, -0.2) is 60.6 Å². The van der Waals surface area contributed by atoms with Crippen LogP contribution in [0.1, 0.15) is 13.3 Å². The molecule has 90 valence electrons. The summed E-state index contributed by atoms with van der Waals surface area (Å²) in [6, 6.07) is -0.599. The number of nitrogens with two attached hydrogens (primary N) is 1. The molecule has 3 amide bonds. The van der Waals surface area contributed by atoms with Crippen molar-refractivity contribution in [3.63, 3.8) is 0 Å². The molecule has 0 aromatic rings. The fourth-order valence-electron chi connectivity index (χ4n) is 2.16. The first-order valence-electron chi connectivity index (χ1n) is 5.84. The molecular weight excluding hydrogens is 208 g/mol. The number of hydrogen-bond donors (Lipinski definition) is 2. The van der Waals surface area contributed by atoms with Gasteiger partial charge in [0, 0.05) is 13.1 Å². The zero-order chi connectivity index (χ0) is 11.5. The van der Waals surface area contributed by atoms with Crippen molar-refractivity contribution >= 4 is 11.9 Å². The Morgan fingerprint density at radius 1 is 1.44 bits per heavy atom. The minimum absolute atomic E-state index is 0.0991. The fraction of sp³-hybridized carbons (Fsp3) is 0.800. The first kappa shape index (κ1) is 11.3. The molecule has 16 heavy (non-hydrogen) atoms. The van der Waals surface area contributed by atoms with Gasteiger partial charge in [-0.15, -0.1) is 0 Å². The monoisotopic (exact) mass is 227 g/mol. The SMILES string of the molecule is CC1NC(=O)N(CCCN2CC[NH2+]C2)C1=O. The summed E-state index contributed by atoms with van der Waals surface area (Å²) in [5.41, 5.74) is 0. The smallest absolute Gasteiger partial charge is 0.324 e. The number of quaternary nitrogens is 1. The number of amides is 3. The topological polar surface area (TPSA) is 69.3 Å². The van der Waals surface area contributed by atoms with Gasteiger partial charge < -0.3 is 10.6 Å². The van der Waals surface area contributed by atoms with Crippen LogP contribution in [-0.2, 0) is 4.79 Å². The number of carbonyl (C=O) groups excluding carboxylic acids is 2. The summed E-state index contributed by atoms with van der Waals surface area (Å²) < 4.78 is 0. The Labute approximate surface area is 95.0 Å². The van der Waals surface area contributed by atoms with Crippen LogP contribution in [0.2, 0.25) is 0 Å². The van der Waals surface area contributed by atoms with Crippen LogP contribution >= 0.6 is 0 Å².